The monoisotopic (exact) mass is 237 g/mol. The number of carbonyl (C=O) groups excluding carboxylic acids is 1. The number of aliphatic hydroxyl groups excluding tert-OH is 1. The molecule has 1 aromatic rings. The van der Waals surface area contributed by atoms with Crippen LogP contribution in [0.4, 0.5) is 0 Å². The molecule has 0 aliphatic carbocycles. The van der Waals surface area contributed by atoms with Crippen molar-refractivity contribution in [3.8, 4) is 0 Å². The van der Waals surface area contributed by atoms with Crippen LogP contribution in [0, 0.1) is 0 Å². The van der Waals surface area contributed by atoms with Crippen LogP contribution in [0.3, 0.4) is 0 Å². The number of fused-ring (bicyclic) bond motifs is 1. The van der Waals surface area contributed by atoms with E-state index in [1.165, 1.54) is 0 Å². The molecule has 5 heteroatoms. The molecular formula is C12H19N3O2. The highest BCUT2D eigenvalue weighted by Crippen LogP contribution is 2.25. The minimum Gasteiger partial charge on any atom is -0.393 e. The summed E-state index contributed by atoms with van der Waals surface area (Å²) in [5, 5.41) is 12.0. The van der Waals surface area contributed by atoms with Gasteiger partial charge in [0.1, 0.15) is 5.82 Å². The van der Waals surface area contributed by atoms with Gasteiger partial charge in [-0.3, -0.25) is 4.79 Å². The summed E-state index contributed by atoms with van der Waals surface area (Å²) in [7, 11) is 0. The van der Waals surface area contributed by atoms with Gasteiger partial charge in [-0.2, -0.15) is 0 Å². The number of hydrogen-bond donors (Lipinski definition) is 2. The van der Waals surface area contributed by atoms with Crippen LogP contribution in [0.15, 0.2) is 12.4 Å². The minimum absolute atomic E-state index is 0.0257. The molecule has 1 aliphatic heterocycles. The summed E-state index contributed by atoms with van der Waals surface area (Å²) in [4.78, 5) is 16.2. The summed E-state index contributed by atoms with van der Waals surface area (Å²) >= 11 is 0. The first-order valence-electron chi connectivity index (χ1n) is 6.15. The number of aryl methyl sites for hydroxylation is 1. The van der Waals surface area contributed by atoms with E-state index in [9.17, 15) is 4.79 Å². The van der Waals surface area contributed by atoms with Gasteiger partial charge in [0.25, 0.3) is 0 Å². The lowest BCUT2D eigenvalue weighted by atomic mass is 9.98. The molecule has 0 bridgehead atoms. The zero-order valence-electron chi connectivity index (χ0n) is 10.1. The van der Waals surface area contributed by atoms with Crippen LogP contribution in [0.2, 0.25) is 0 Å². The summed E-state index contributed by atoms with van der Waals surface area (Å²) in [6.45, 7) is 3.19. The van der Waals surface area contributed by atoms with Crippen molar-refractivity contribution in [3.05, 3.63) is 18.2 Å². The minimum atomic E-state index is -0.372. The molecule has 0 radical (unpaired) electrons. The normalized spacial score (nSPS) is 20.7. The summed E-state index contributed by atoms with van der Waals surface area (Å²) in [6, 6.07) is 0. The van der Waals surface area contributed by atoms with E-state index < -0.39 is 0 Å². The number of imidazole rings is 1. The maximum Gasteiger partial charge on any atom is 0.230 e. The fourth-order valence-electron chi connectivity index (χ4n) is 2.19. The van der Waals surface area contributed by atoms with Gasteiger partial charge in [0, 0.05) is 25.5 Å². The largest absolute Gasteiger partial charge is 0.393 e. The molecule has 2 atom stereocenters. The van der Waals surface area contributed by atoms with Gasteiger partial charge in [-0.1, -0.05) is 0 Å². The number of nitrogens with one attached hydrogen (secondary N) is 1. The van der Waals surface area contributed by atoms with Crippen molar-refractivity contribution < 1.29 is 9.90 Å². The fourth-order valence-corrected chi connectivity index (χ4v) is 2.19. The third-order valence-corrected chi connectivity index (χ3v) is 3.13. The third-order valence-electron chi connectivity index (χ3n) is 3.13. The van der Waals surface area contributed by atoms with Crippen molar-refractivity contribution in [2.75, 3.05) is 6.54 Å². The Bertz CT molecular complexity index is 387. The van der Waals surface area contributed by atoms with E-state index in [4.69, 9.17) is 5.11 Å². The predicted octanol–water partition coefficient (Wildman–Crippen LogP) is 0.648. The highest BCUT2D eigenvalue weighted by molar-refractivity contribution is 5.82. The van der Waals surface area contributed by atoms with Gasteiger partial charge in [0.15, 0.2) is 0 Å². The number of carbonyl (C=O) groups is 1. The summed E-state index contributed by atoms with van der Waals surface area (Å²) in [5.41, 5.74) is 0. The second-order valence-corrected chi connectivity index (χ2v) is 4.60. The molecule has 5 nitrogen and oxygen atoms in total. The van der Waals surface area contributed by atoms with Crippen LogP contribution in [0.1, 0.15) is 37.9 Å². The molecule has 2 N–H and O–H groups in total. The molecule has 2 heterocycles. The Morgan fingerprint density at radius 2 is 2.59 bits per heavy atom. The van der Waals surface area contributed by atoms with E-state index in [0.717, 1.165) is 25.2 Å². The van der Waals surface area contributed by atoms with Gasteiger partial charge < -0.3 is 15.0 Å². The molecule has 17 heavy (non-hydrogen) atoms. The van der Waals surface area contributed by atoms with E-state index >= 15 is 0 Å². The number of aliphatic hydroxyl groups is 1. The number of hydrogen-bond acceptors (Lipinski definition) is 3. The van der Waals surface area contributed by atoms with Crippen LogP contribution in [0.5, 0.6) is 0 Å². The molecule has 0 spiro atoms. The highest BCUT2D eigenvalue weighted by atomic mass is 16.3. The van der Waals surface area contributed by atoms with Crippen LogP contribution < -0.4 is 5.32 Å². The van der Waals surface area contributed by atoms with Crippen LogP contribution >= 0.6 is 0 Å². The summed E-state index contributed by atoms with van der Waals surface area (Å²) in [5.74, 6) is 0.761. The number of aromatic nitrogens is 2. The second kappa shape index (κ2) is 5.31. The molecule has 1 aromatic heterocycles. The van der Waals surface area contributed by atoms with Gasteiger partial charge in [-0.05, 0) is 26.2 Å². The van der Waals surface area contributed by atoms with E-state index in [1.807, 2.05) is 10.8 Å². The molecule has 94 valence electrons. The Balaban J connectivity index is 1.93. The van der Waals surface area contributed by atoms with Gasteiger partial charge in [-0.25, -0.2) is 4.98 Å². The molecule has 1 aliphatic rings. The highest BCUT2D eigenvalue weighted by Gasteiger charge is 2.27. The van der Waals surface area contributed by atoms with E-state index in [1.54, 1.807) is 13.1 Å². The number of rotatable bonds is 4. The van der Waals surface area contributed by atoms with Gasteiger partial charge in [0.2, 0.25) is 5.91 Å². The number of amides is 1. The lowest BCUT2D eigenvalue weighted by Gasteiger charge is -2.22. The van der Waals surface area contributed by atoms with Crippen molar-refractivity contribution >= 4 is 5.91 Å². The Hall–Kier alpha value is -1.36. The average Bonchev–Trinajstić information content (AvgIpc) is 2.75. The van der Waals surface area contributed by atoms with Gasteiger partial charge >= 0.3 is 0 Å². The molecule has 0 fully saturated rings. The maximum absolute atomic E-state index is 12.0. The molecule has 2 rings (SSSR count). The quantitative estimate of drug-likeness (QED) is 0.808. The lowest BCUT2D eigenvalue weighted by molar-refractivity contribution is -0.123. The first-order valence-corrected chi connectivity index (χ1v) is 6.15. The fraction of sp³-hybridized carbons (Fsp3) is 0.667. The lowest BCUT2D eigenvalue weighted by Crippen LogP contribution is -2.34. The van der Waals surface area contributed by atoms with Crippen LogP contribution in [0.25, 0.3) is 0 Å². The average molecular weight is 237 g/mol. The standard InChI is InChI=1S/C12H19N3O2/c1-9(16)4-5-14-12(17)10-3-2-7-15-8-6-13-11(10)15/h6,8-10,16H,2-5,7H2,1H3,(H,14,17). The SMILES string of the molecule is CC(O)CCNC(=O)C1CCCn2ccnc21. The van der Waals surface area contributed by atoms with E-state index in [0.29, 0.717) is 13.0 Å². The Morgan fingerprint density at radius 3 is 3.35 bits per heavy atom. The van der Waals surface area contributed by atoms with Crippen LogP contribution in [-0.4, -0.2) is 33.2 Å². The van der Waals surface area contributed by atoms with Crippen molar-refractivity contribution in [2.24, 2.45) is 0 Å². The first-order chi connectivity index (χ1) is 8.18. The molecule has 1 amide bonds. The Morgan fingerprint density at radius 1 is 1.76 bits per heavy atom. The van der Waals surface area contributed by atoms with E-state index in [2.05, 4.69) is 10.3 Å². The molecule has 0 aromatic carbocycles. The second-order valence-electron chi connectivity index (χ2n) is 4.60. The summed E-state index contributed by atoms with van der Waals surface area (Å²) < 4.78 is 2.04. The third kappa shape index (κ3) is 2.85. The van der Waals surface area contributed by atoms with Crippen molar-refractivity contribution in [3.63, 3.8) is 0 Å². The summed E-state index contributed by atoms with van der Waals surface area (Å²) in [6.07, 6.45) is 5.76. The van der Waals surface area contributed by atoms with Crippen molar-refractivity contribution in [2.45, 2.75) is 44.8 Å². The maximum atomic E-state index is 12.0. The number of nitrogens with zero attached hydrogens (tertiary/aromatic N) is 2. The topological polar surface area (TPSA) is 67.2 Å². The van der Waals surface area contributed by atoms with E-state index in [-0.39, 0.29) is 17.9 Å². The molecule has 2 unspecified atom stereocenters. The predicted molar refractivity (Wildman–Crippen MR) is 63.5 cm³/mol. The molecule has 0 saturated heterocycles. The smallest absolute Gasteiger partial charge is 0.230 e. The first kappa shape index (κ1) is 12.1. The zero-order valence-corrected chi connectivity index (χ0v) is 10.1. The van der Waals surface area contributed by atoms with Gasteiger partial charge in [0.05, 0.1) is 12.0 Å². The molecular weight excluding hydrogens is 218 g/mol. The van der Waals surface area contributed by atoms with Crippen molar-refractivity contribution in [1.29, 1.82) is 0 Å². The Kier molecular flexibility index (Phi) is 3.78. The Labute approximate surface area is 101 Å². The van der Waals surface area contributed by atoms with Gasteiger partial charge in [-0.15, -0.1) is 0 Å². The zero-order chi connectivity index (χ0) is 12.3. The van der Waals surface area contributed by atoms with Crippen molar-refractivity contribution in [1.82, 2.24) is 14.9 Å². The van der Waals surface area contributed by atoms with Crippen LogP contribution in [-0.2, 0) is 11.3 Å². The molecule has 0 saturated carbocycles.